The van der Waals surface area contributed by atoms with Crippen LogP contribution in [-0.2, 0) is 12.9 Å². The molecule has 1 atom stereocenters. The van der Waals surface area contributed by atoms with E-state index in [2.05, 4.69) is 15.3 Å². The average Bonchev–Trinajstić information content (AvgIpc) is 3.25. The predicted octanol–water partition coefficient (Wildman–Crippen LogP) is 4.74. The number of pyridine rings is 2. The van der Waals surface area contributed by atoms with Gasteiger partial charge in [0.25, 0.3) is 5.91 Å². The van der Waals surface area contributed by atoms with E-state index in [1.54, 1.807) is 22.9 Å². The van der Waals surface area contributed by atoms with E-state index >= 15 is 0 Å². The van der Waals surface area contributed by atoms with Gasteiger partial charge in [-0.3, -0.25) is 9.78 Å². The van der Waals surface area contributed by atoms with Crippen LogP contribution in [0.3, 0.4) is 0 Å². The number of hydrogen-bond donors (Lipinski definition) is 1. The number of nitrogens with zero attached hydrogens (tertiary/aromatic N) is 3. The monoisotopic (exact) mass is 428 g/mol. The molecule has 0 spiro atoms. The lowest BCUT2D eigenvalue weighted by Gasteiger charge is -2.22. The summed E-state index contributed by atoms with van der Waals surface area (Å²) in [5.74, 6) is -0.589. The van der Waals surface area contributed by atoms with Crippen LogP contribution in [0.4, 0.5) is 17.6 Å². The molecule has 4 rings (SSSR count). The molecule has 0 aliphatic rings. The number of halogens is 4. The van der Waals surface area contributed by atoms with E-state index in [1.165, 1.54) is 48.8 Å². The zero-order valence-electron chi connectivity index (χ0n) is 16.0. The summed E-state index contributed by atoms with van der Waals surface area (Å²) in [6, 6.07) is 9.94. The van der Waals surface area contributed by atoms with E-state index in [-0.39, 0.29) is 11.3 Å². The Labute approximate surface area is 174 Å². The molecule has 0 fully saturated rings. The van der Waals surface area contributed by atoms with Crippen LogP contribution in [0.5, 0.6) is 0 Å². The van der Waals surface area contributed by atoms with Crippen molar-refractivity contribution in [3.63, 3.8) is 0 Å². The van der Waals surface area contributed by atoms with E-state index in [4.69, 9.17) is 0 Å². The van der Waals surface area contributed by atoms with Crippen molar-refractivity contribution in [2.45, 2.75) is 18.9 Å². The molecule has 0 bridgehead atoms. The van der Waals surface area contributed by atoms with Gasteiger partial charge in [0.1, 0.15) is 12.3 Å². The maximum atomic E-state index is 13.6. The molecule has 0 saturated heterocycles. The number of fused-ring (bicyclic) bond motifs is 1. The molecule has 0 aliphatic heterocycles. The molecule has 3 aromatic heterocycles. The molecular weight excluding hydrogens is 412 g/mol. The van der Waals surface area contributed by atoms with Crippen molar-refractivity contribution in [3.8, 4) is 0 Å². The van der Waals surface area contributed by atoms with Gasteiger partial charge in [0, 0.05) is 24.8 Å². The fourth-order valence-corrected chi connectivity index (χ4v) is 3.26. The van der Waals surface area contributed by atoms with Crippen molar-refractivity contribution in [2.75, 3.05) is 0 Å². The third kappa shape index (κ3) is 4.25. The largest absolute Gasteiger partial charge is 0.418 e. The van der Waals surface area contributed by atoms with Gasteiger partial charge in [0.05, 0.1) is 22.9 Å². The summed E-state index contributed by atoms with van der Waals surface area (Å²) in [4.78, 5) is 21.0. The van der Waals surface area contributed by atoms with Gasteiger partial charge in [-0.05, 0) is 35.4 Å². The van der Waals surface area contributed by atoms with Crippen LogP contribution in [0.2, 0.25) is 0 Å². The molecule has 1 aromatic carbocycles. The number of alkyl halides is 4. The summed E-state index contributed by atoms with van der Waals surface area (Å²) in [7, 11) is 0. The normalized spacial score (nSPS) is 12.6. The molecule has 9 heteroatoms. The second kappa shape index (κ2) is 8.17. The van der Waals surface area contributed by atoms with Crippen LogP contribution in [0.1, 0.15) is 38.8 Å². The number of rotatable bonds is 5. The summed E-state index contributed by atoms with van der Waals surface area (Å²) in [6.45, 7) is -0.709. The molecule has 4 aromatic rings. The third-order valence-corrected chi connectivity index (χ3v) is 4.81. The molecule has 5 nitrogen and oxygen atoms in total. The van der Waals surface area contributed by atoms with Gasteiger partial charge in [0.2, 0.25) is 0 Å². The summed E-state index contributed by atoms with van der Waals surface area (Å²) < 4.78 is 55.4. The second-order valence-electron chi connectivity index (χ2n) is 6.83. The van der Waals surface area contributed by atoms with Crippen molar-refractivity contribution in [3.05, 3.63) is 101 Å². The van der Waals surface area contributed by atoms with Gasteiger partial charge in [-0.25, -0.2) is 9.37 Å². The number of imidazole rings is 1. The Balaban J connectivity index is 1.76. The Kier molecular flexibility index (Phi) is 5.41. The molecule has 3 heterocycles. The molecule has 31 heavy (non-hydrogen) atoms. The highest BCUT2D eigenvalue weighted by molar-refractivity contribution is 5.94. The number of amides is 1. The summed E-state index contributed by atoms with van der Waals surface area (Å²) in [6.07, 6.45) is 1.32. The van der Waals surface area contributed by atoms with Crippen molar-refractivity contribution in [1.29, 1.82) is 0 Å². The minimum atomic E-state index is -4.67. The maximum Gasteiger partial charge on any atom is 0.418 e. The highest BCUT2D eigenvalue weighted by atomic mass is 19.4. The highest BCUT2D eigenvalue weighted by Crippen LogP contribution is 2.35. The van der Waals surface area contributed by atoms with Gasteiger partial charge in [-0.15, -0.1) is 0 Å². The minimum Gasteiger partial charge on any atom is -0.339 e. The maximum absolute atomic E-state index is 13.6. The van der Waals surface area contributed by atoms with Crippen LogP contribution in [-0.4, -0.2) is 20.3 Å². The first kappa shape index (κ1) is 20.5. The Hall–Kier alpha value is -3.75. The standard InChI is InChI=1S/C22H16F4N4O/c23-12-14-3-5-15(6-4-14)19(20-17(22(24,25)26)2-1-9-28-20)29-21(31)16-7-8-18-27-10-11-30(18)13-16/h1-11,13,19H,12H2,(H,29,31)/t19-/m0/s1. The average molecular weight is 428 g/mol. The van der Waals surface area contributed by atoms with Gasteiger partial charge in [-0.1, -0.05) is 24.3 Å². The first-order valence-corrected chi connectivity index (χ1v) is 9.27. The van der Waals surface area contributed by atoms with Gasteiger partial charge < -0.3 is 9.72 Å². The summed E-state index contributed by atoms with van der Waals surface area (Å²) in [5, 5.41) is 2.64. The number of carbonyl (C=O) groups is 1. The number of carbonyl (C=O) groups excluding carboxylic acids is 1. The van der Waals surface area contributed by atoms with Crippen LogP contribution in [0, 0.1) is 0 Å². The van der Waals surface area contributed by atoms with Crippen LogP contribution >= 0.6 is 0 Å². The lowest BCUT2D eigenvalue weighted by molar-refractivity contribution is -0.138. The lowest BCUT2D eigenvalue weighted by atomic mass is 9.97. The fourth-order valence-electron chi connectivity index (χ4n) is 3.26. The molecule has 0 radical (unpaired) electrons. The van der Waals surface area contributed by atoms with E-state index in [9.17, 15) is 22.4 Å². The second-order valence-corrected chi connectivity index (χ2v) is 6.83. The lowest BCUT2D eigenvalue weighted by Crippen LogP contribution is -2.31. The summed E-state index contributed by atoms with van der Waals surface area (Å²) >= 11 is 0. The minimum absolute atomic E-state index is 0.236. The first-order chi connectivity index (χ1) is 14.9. The quantitative estimate of drug-likeness (QED) is 0.468. The van der Waals surface area contributed by atoms with Gasteiger partial charge in [0.15, 0.2) is 0 Å². The van der Waals surface area contributed by atoms with Crippen LogP contribution in [0.25, 0.3) is 5.65 Å². The topological polar surface area (TPSA) is 59.3 Å². The Morgan fingerprint density at radius 2 is 1.81 bits per heavy atom. The summed E-state index contributed by atoms with van der Waals surface area (Å²) in [5.41, 5.74) is 0.272. The number of benzene rings is 1. The molecule has 0 saturated carbocycles. The highest BCUT2D eigenvalue weighted by Gasteiger charge is 2.37. The van der Waals surface area contributed by atoms with Gasteiger partial charge in [-0.2, -0.15) is 13.2 Å². The molecule has 0 unspecified atom stereocenters. The first-order valence-electron chi connectivity index (χ1n) is 9.27. The van der Waals surface area contributed by atoms with Gasteiger partial charge >= 0.3 is 6.18 Å². The Bertz CT molecular complexity index is 1220. The number of hydrogen-bond acceptors (Lipinski definition) is 3. The smallest absolute Gasteiger partial charge is 0.339 e. The Morgan fingerprint density at radius 3 is 2.52 bits per heavy atom. The molecule has 0 aliphatic carbocycles. The SMILES string of the molecule is O=C(N[C@@H](c1ccc(CF)cc1)c1ncccc1C(F)(F)F)c1ccc2nccn2c1. The predicted molar refractivity (Wildman–Crippen MR) is 105 cm³/mol. The van der Waals surface area contributed by atoms with E-state index in [1.807, 2.05) is 0 Å². The fraction of sp³-hybridized carbons (Fsp3) is 0.136. The zero-order valence-corrected chi connectivity index (χ0v) is 16.0. The van der Waals surface area contributed by atoms with Crippen LogP contribution in [0.15, 0.2) is 73.3 Å². The van der Waals surface area contributed by atoms with Crippen molar-refractivity contribution in [2.24, 2.45) is 0 Å². The number of aromatic nitrogens is 3. The molecule has 1 amide bonds. The Morgan fingerprint density at radius 1 is 1.03 bits per heavy atom. The van der Waals surface area contributed by atoms with E-state index in [0.29, 0.717) is 16.8 Å². The molecule has 158 valence electrons. The van der Waals surface area contributed by atoms with Crippen molar-refractivity contribution in [1.82, 2.24) is 19.7 Å². The number of nitrogens with one attached hydrogen (secondary N) is 1. The van der Waals surface area contributed by atoms with E-state index < -0.39 is 30.4 Å². The molecule has 1 N–H and O–H groups in total. The molecular formula is C22H16F4N4O. The van der Waals surface area contributed by atoms with Crippen molar-refractivity contribution >= 4 is 11.6 Å². The zero-order chi connectivity index (χ0) is 22.0. The third-order valence-electron chi connectivity index (χ3n) is 4.81. The van der Waals surface area contributed by atoms with Crippen molar-refractivity contribution < 1.29 is 22.4 Å². The van der Waals surface area contributed by atoms with Crippen LogP contribution < -0.4 is 5.32 Å². The van der Waals surface area contributed by atoms with E-state index in [0.717, 1.165) is 6.07 Å².